The molecule has 0 aliphatic heterocycles. The molecule has 1 rings (SSSR count). The van der Waals surface area contributed by atoms with Crippen molar-refractivity contribution in [3.05, 3.63) is 29.8 Å². The smallest absolute Gasteiger partial charge is 0.216 e. The maximum absolute atomic E-state index is 11.2. The van der Waals surface area contributed by atoms with E-state index >= 15 is 0 Å². The van der Waals surface area contributed by atoms with Crippen LogP contribution >= 0.6 is 0 Å². The molecule has 0 aliphatic rings. The van der Waals surface area contributed by atoms with E-state index in [4.69, 9.17) is 0 Å². The molecule has 1 aromatic carbocycles. The van der Waals surface area contributed by atoms with Crippen LogP contribution in [0.4, 0.5) is 0 Å². The number of benzene rings is 1. The molecular formula is C11H15NO3S. The van der Waals surface area contributed by atoms with Crippen molar-refractivity contribution in [1.29, 1.82) is 0 Å². The molecule has 16 heavy (non-hydrogen) atoms. The summed E-state index contributed by atoms with van der Waals surface area (Å²) in [6, 6.07) is 6.69. The molecule has 0 radical (unpaired) electrons. The Bertz CT molecular complexity index is 463. The zero-order valence-electron chi connectivity index (χ0n) is 9.36. The fourth-order valence-electron chi connectivity index (χ4n) is 1.29. The molecule has 4 nitrogen and oxygen atoms in total. The molecule has 0 saturated carbocycles. The molecule has 0 aromatic heterocycles. The lowest BCUT2D eigenvalue weighted by atomic mass is 10.1. The van der Waals surface area contributed by atoms with Gasteiger partial charge in [-0.3, -0.25) is 4.79 Å². The van der Waals surface area contributed by atoms with Crippen molar-refractivity contribution in [3.8, 4) is 0 Å². The molecular weight excluding hydrogens is 226 g/mol. The Morgan fingerprint density at radius 1 is 1.25 bits per heavy atom. The minimum atomic E-state index is -3.12. The van der Waals surface area contributed by atoms with Gasteiger partial charge in [0.2, 0.25) is 5.91 Å². The van der Waals surface area contributed by atoms with Crippen LogP contribution in [0.15, 0.2) is 29.2 Å². The molecule has 0 saturated heterocycles. The molecule has 0 bridgehead atoms. The average Bonchev–Trinajstić information content (AvgIpc) is 2.16. The molecule has 1 amide bonds. The number of amides is 1. The molecule has 0 spiro atoms. The van der Waals surface area contributed by atoms with Gasteiger partial charge in [0, 0.05) is 19.7 Å². The highest BCUT2D eigenvalue weighted by Crippen LogP contribution is 2.10. The summed E-state index contributed by atoms with van der Waals surface area (Å²) in [6.07, 6.45) is 1.88. The predicted octanol–water partition coefficient (Wildman–Crippen LogP) is 0.769. The summed E-state index contributed by atoms with van der Waals surface area (Å²) in [5.41, 5.74) is 1.00. The van der Waals surface area contributed by atoms with Gasteiger partial charge in [-0.05, 0) is 24.1 Å². The molecule has 0 aliphatic carbocycles. The molecule has 5 heteroatoms. The maximum atomic E-state index is 11.2. The van der Waals surface area contributed by atoms with E-state index in [1.807, 2.05) is 0 Å². The van der Waals surface area contributed by atoms with E-state index in [-0.39, 0.29) is 5.91 Å². The van der Waals surface area contributed by atoms with Crippen LogP contribution in [0, 0.1) is 0 Å². The fourth-order valence-corrected chi connectivity index (χ4v) is 1.92. The van der Waals surface area contributed by atoms with Crippen LogP contribution < -0.4 is 5.32 Å². The highest BCUT2D eigenvalue weighted by molar-refractivity contribution is 7.90. The van der Waals surface area contributed by atoms with Crippen LogP contribution in [0.5, 0.6) is 0 Å². The zero-order valence-corrected chi connectivity index (χ0v) is 10.2. The molecule has 0 atom stereocenters. The lowest BCUT2D eigenvalue weighted by molar-refractivity contribution is -0.118. The third kappa shape index (κ3) is 4.02. The van der Waals surface area contributed by atoms with Gasteiger partial charge in [0.25, 0.3) is 0 Å². The minimum absolute atomic E-state index is 0.0623. The Morgan fingerprint density at radius 2 is 1.81 bits per heavy atom. The number of nitrogens with one attached hydrogen (secondary N) is 1. The lowest BCUT2D eigenvalue weighted by Gasteiger charge is -2.03. The van der Waals surface area contributed by atoms with Gasteiger partial charge < -0.3 is 5.32 Å². The summed E-state index contributed by atoms with van der Waals surface area (Å²) >= 11 is 0. The Labute approximate surface area is 95.6 Å². The van der Waals surface area contributed by atoms with Gasteiger partial charge >= 0.3 is 0 Å². The van der Waals surface area contributed by atoms with Crippen LogP contribution in [-0.4, -0.2) is 27.1 Å². The predicted molar refractivity (Wildman–Crippen MR) is 61.9 cm³/mol. The van der Waals surface area contributed by atoms with Crippen LogP contribution in [0.1, 0.15) is 12.5 Å². The third-order valence-electron chi connectivity index (χ3n) is 2.14. The molecule has 0 heterocycles. The van der Waals surface area contributed by atoms with E-state index in [1.54, 1.807) is 24.3 Å². The molecule has 88 valence electrons. The summed E-state index contributed by atoms with van der Waals surface area (Å²) in [7, 11) is -3.12. The first-order valence-corrected chi connectivity index (χ1v) is 6.82. The second-order valence-electron chi connectivity index (χ2n) is 3.65. The fraction of sp³-hybridized carbons (Fsp3) is 0.364. The van der Waals surface area contributed by atoms with Crippen molar-refractivity contribution in [3.63, 3.8) is 0 Å². The van der Waals surface area contributed by atoms with E-state index in [9.17, 15) is 13.2 Å². The highest BCUT2D eigenvalue weighted by atomic mass is 32.2. The van der Waals surface area contributed by atoms with Crippen LogP contribution in [0.2, 0.25) is 0 Å². The standard InChI is InChI=1S/C11H15NO3S/c1-9(13)12-8-7-10-3-5-11(6-4-10)16(2,14)15/h3-6H,7-8H2,1-2H3,(H,12,13). The van der Waals surface area contributed by atoms with Crippen molar-refractivity contribution in [2.45, 2.75) is 18.2 Å². The quantitative estimate of drug-likeness (QED) is 0.846. The van der Waals surface area contributed by atoms with Crippen LogP contribution in [-0.2, 0) is 21.1 Å². The maximum Gasteiger partial charge on any atom is 0.216 e. The molecule has 0 unspecified atom stereocenters. The van der Waals surface area contributed by atoms with Crippen LogP contribution in [0.25, 0.3) is 0 Å². The monoisotopic (exact) mass is 241 g/mol. The zero-order chi connectivity index (χ0) is 12.2. The van der Waals surface area contributed by atoms with Crippen molar-refractivity contribution < 1.29 is 13.2 Å². The molecule has 1 N–H and O–H groups in total. The normalized spacial score (nSPS) is 11.1. The van der Waals surface area contributed by atoms with E-state index in [1.165, 1.54) is 13.2 Å². The first-order valence-electron chi connectivity index (χ1n) is 4.93. The van der Waals surface area contributed by atoms with E-state index in [0.29, 0.717) is 17.9 Å². The van der Waals surface area contributed by atoms with Gasteiger partial charge in [0.1, 0.15) is 0 Å². The molecule has 0 fully saturated rings. The largest absolute Gasteiger partial charge is 0.356 e. The van der Waals surface area contributed by atoms with Gasteiger partial charge in [-0.2, -0.15) is 0 Å². The number of hydrogen-bond acceptors (Lipinski definition) is 3. The first-order chi connectivity index (χ1) is 7.39. The van der Waals surface area contributed by atoms with Gasteiger partial charge in [0.05, 0.1) is 4.90 Å². The van der Waals surface area contributed by atoms with Gasteiger partial charge in [-0.15, -0.1) is 0 Å². The SMILES string of the molecule is CC(=O)NCCc1ccc(S(C)(=O)=O)cc1. The number of rotatable bonds is 4. The van der Waals surface area contributed by atoms with E-state index in [2.05, 4.69) is 5.32 Å². The second-order valence-corrected chi connectivity index (χ2v) is 5.66. The van der Waals surface area contributed by atoms with E-state index in [0.717, 1.165) is 5.56 Å². The Balaban J connectivity index is 2.62. The topological polar surface area (TPSA) is 63.2 Å². The number of hydrogen-bond donors (Lipinski definition) is 1. The summed E-state index contributed by atoms with van der Waals surface area (Å²) in [6.45, 7) is 2.03. The second kappa shape index (κ2) is 5.12. The summed E-state index contributed by atoms with van der Waals surface area (Å²) < 4.78 is 22.4. The van der Waals surface area contributed by atoms with Crippen molar-refractivity contribution in [2.24, 2.45) is 0 Å². The number of carbonyl (C=O) groups excluding carboxylic acids is 1. The van der Waals surface area contributed by atoms with Gasteiger partial charge in [0.15, 0.2) is 9.84 Å². The van der Waals surface area contributed by atoms with E-state index < -0.39 is 9.84 Å². The lowest BCUT2D eigenvalue weighted by Crippen LogP contribution is -2.22. The highest BCUT2D eigenvalue weighted by Gasteiger charge is 2.05. The minimum Gasteiger partial charge on any atom is -0.356 e. The number of sulfone groups is 1. The summed E-state index contributed by atoms with van der Waals surface area (Å²) in [4.78, 5) is 10.9. The van der Waals surface area contributed by atoms with Crippen molar-refractivity contribution >= 4 is 15.7 Å². The summed E-state index contributed by atoms with van der Waals surface area (Å²) in [5.74, 6) is -0.0623. The van der Waals surface area contributed by atoms with Gasteiger partial charge in [-0.1, -0.05) is 12.1 Å². The van der Waals surface area contributed by atoms with Gasteiger partial charge in [-0.25, -0.2) is 8.42 Å². The van der Waals surface area contributed by atoms with Crippen molar-refractivity contribution in [1.82, 2.24) is 5.32 Å². The van der Waals surface area contributed by atoms with Crippen molar-refractivity contribution in [2.75, 3.05) is 12.8 Å². The Kier molecular flexibility index (Phi) is 4.06. The van der Waals surface area contributed by atoms with Crippen LogP contribution in [0.3, 0.4) is 0 Å². The third-order valence-corrected chi connectivity index (χ3v) is 3.27. The summed E-state index contributed by atoms with van der Waals surface area (Å²) in [5, 5.41) is 2.68. The Hall–Kier alpha value is -1.36. The number of carbonyl (C=O) groups is 1. The Morgan fingerprint density at radius 3 is 2.25 bits per heavy atom. The first kappa shape index (κ1) is 12.7. The molecule has 1 aromatic rings. The average molecular weight is 241 g/mol.